The van der Waals surface area contributed by atoms with E-state index in [0.29, 0.717) is 0 Å². The van der Waals surface area contributed by atoms with Crippen molar-refractivity contribution in [2.75, 3.05) is 11.9 Å². The molecule has 2 nitrogen and oxygen atoms in total. The fourth-order valence-corrected chi connectivity index (χ4v) is 1.93. The Balaban J connectivity index is 1.79. The molecule has 0 aromatic heterocycles. The molecule has 0 atom stereocenters. The minimum absolute atomic E-state index is 0.767. The second kappa shape index (κ2) is 5.03. The zero-order chi connectivity index (χ0) is 11.4. The highest BCUT2D eigenvalue weighted by Crippen LogP contribution is 2.33. The van der Waals surface area contributed by atoms with E-state index in [4.69, 9.17) is 5.26 Å². The fourth-order valence-electron chi connectivity index (χ4n) is 1.93. The third-order valence-electron chi connectivity index (χ3n) is 3.16. The third kappa shape index (κ3) is 3.00. The molecule has 1 aromatic rings. The van der Waals surface area contributed by atoms with Crippen molar-refractivity contribution in [1.29, 1.82) is 5.26 Å². The predicted molar refractivity (Wildman–Crippen MR) is 66.3 cm³/mol. The number of benzene rings is 1. The molecule has 0 spiro atoms. The van der Waals surface area contributed by atoms with Crippen LogP contribution in [0.4, 0.5) is 5.69 Å². The van der Waals surface area contributed by atoms with Gasteiger partial charge in [-0.3, -0.25) is 0 Å². The van der Waals surface area contributed by atoms with Gasteiger partial charge in [0.2, 0.25) is 0 Å². The summed E-state index contributed by atoms with van der Waals surface area (Å²) in [4.78, 5) is 0. The Morgan fingerprint density at radius 2 is 2.25 bits per heavy atom. The van der Waals surface area contributed by atoms with Gasteiger partial charge in [-0.1, -0.05) is 12.8 Å². The normalized spacial score (nSPS) is 14.5. The molecular weight excluding hydrogens is 196 g/mol. The molecule has 2 rings (SSSR count). The molecule has 0 aliphatic heterocycles. The number of anilines is 1. The summed E-state index contributed by atoms with van der Waals surface area (Å²) in [5.74, 6) is 1.02. The average Bonchev–Trinajstić information content (AvgIpc) is 3.08. The molecule has 1 aliphatic rings. The highest BCUT2D eigenvalue weighted by Gasteiger charge is 2.19. The quantitative estimate of drug-likeness (QED) is 0.762. The zero-order valence-corrected chi connectivity index (χ0v) is 9.79. The van der Waals surface area contributed by atoms with Gasteiger partial charge in [-0.25, -0.2) is 0 Å². The van der Waals surface area contributed by atoms with Crippen LogP contribution in [0.1, 0.15) is 36.8 Å². The van der Waals surface area contributed by atoms with E-state index in [1.807, 2.05) is 19.1 Å². The van der Waals surface area contributed by atoms with Crippen molar-refractivity contribution in [2.24, 2.45) is 5.92 Å². The van der Waals surface area contributed by atoms with Gasteiger partial charge in [0.15, 0.2) is 0 Å². The maximum atomic E-state index is 8.82. The van der Waals surface area contributed by atoms with Gasteiger partial charge >= 0.3 is 0 Å². The first-order valence-electron chi connectivity index (χ1n) is 6.04. The lowest BCUT2D eigenvalue weighted by Crippen LogP contribution is -2.02. The summed E-state index contributed by atoms with van der Waals surface area (Å²) in [6.45, 7) is 3.02. The van der Waals surface area contributed by atoms with Crippen LogP contribution in [0.2, 0.25) is 0 Å². The van der Waals surface area contributed by atoms with Crippen LogP contribution in [0, 0.1) is 24.2 Å². The second-order valence-corrected chi connectivity index (χ2v) is 4.65. The highest BCUT2D eigenvalue weighted by atomic mass is 14.9. The molecule has 0 saturated heterocycles. The highest BCUT2D eigenvalue weighted by molar-refractivity contribution is 5.51. The van der Waals surface area contributed by atoms with Crippen molar-refractivity contribution in [3.05, 3.63) is 29.3 Å². The van der Waals surface area contributed by atoms with Gasteiger partial charge in [-0.2, -0.15) is 5.26 Å². The van der Waals surface area contributed by atoms with E-state index < -0.39 is 0 Å². The molecule has 2 heteroatoms. The number of nitrogens with zero attached hydrogens (tertiary/aromatic N) is 1. The SMILES string of the molecule is Cc1cc(NCCCC2CC2)ccc1C#N. The van der Waals surface area contributed by atoms with Crippen molar-refractivity contribution in [2.45, 2.75) is 32.6 Å². The van der Waals surface area contributed by atoms with Gasteiger partial charge < -0.3 is 5.32 Å². The Hall–Kier alpha value is -1.49. The van der Waals surface area contributed by atoms with Crippen molar-refractivity contribution in [3.8, 4) is 6.07 Å². The van der Waals surface area contributed by atoms with E-state index in [-0.39, 0.29) is 0 Å². The van der Waals surface area contributed by atoms with Crippen LogP contribution >= 0.6 is 0 Å². The minimum atomic E-state index is 0.767. The first kappa shape index (κ1) is 11.0. The Kier molecular flexibility index (Phi) is 3.46. The fraction of sp³-hybridized carbons (Fsp3) is 0.500. The Labute approximate surface area is 97.3 Å². The average molecular weight is 214 g/mol. The van der Waals surface area contributed by atoms with Crippen molar-refractivity contribution in [1.82, 2.24) is 0 Å². The molecule has 1 saturated carbocycles. The van der Waals surface area contributed by atoms with Gasteiger partial charge in [-0.05, 0) is 49.4 Å². The smallest absolute Gasteiger partial charge is 0.0994 e. The molecule has 16 heavy (non-hydrogen) atoms. The molecule has 1 fully saturated rings. The summed E-state index contributed by atoms with van der Waals surface area (Å²) in [7, 11) is 0. The molecule has 84 valence electrons. The number of aryl methyl sites for hydroxylation is 1. The largest absolute Gasteiger partial charge is 0.385 e. The Morgan fingerprint density at radius 1 is 1.44 bits per heavy atom. The van der Waals surface area contributed by atoms with Crippen LogP contribution < -0.4 is 5.32 Å². The van der Waals surface area contributed by atoms with Gasteiger partial charge in [0.1, 0.15) is 0 Å². The molecular formula is C14H18N2. The molecule has 0 heterocycles. The van der Waals surface area contributed by atoms with E-state index in [2.05, 4.69) is 17.5 Å². The monoisotopic (exact) mass is 214 g/mol. The lowest BCUT2D eigenvalue weighted by Gasteiger charge is -2.07. The van der Waals surface area contributed by atoms with Gasteiger partial charge in [0.05, 0.1) is 11.6 Å². The molecule has 0 radical (unpaired) electrons. The van der Waals surface area contributed by atoms with Crippen molar-refractivity contribution in [3.63, 3.8) is 0 Å². The summed E-state index contributed by atoms with van der Waals surface area (Å²) in [6.07, 6.45) is 5.50. The molecule has 0 bridgehead atoms. The van der Waals surface area contributed by atoms with Crippen LogP contribution in [-0.2, 0) is 0 Å². The maximum Gasteiger partial charge on any atom is 0.0994 e. The molecule has 0 unspecified atom stereocenters. The van der Waals surface area contributed by atoms with E-state index in [0.717, 1.165) is 29.3 Å². The molecule has 1 aromatic carbocycles. The summed E-state index contributed by atoms with van der Waals surface area (Å²) < 4.78 is 0. The summed E-state index contributed by atoms with van der Waals surface area (Å²) in [5, 5.41) is 12.2. The summed E-state index contributed by atoms with van der Waals surface area (Å²) >= 11 is 0. The van der Waals surface area contributed by atoms with Gasteiger partial charge in [0, 0.05) is 12.2 Å². The van der Waals surface area contributed by atoms with Crippen molar-refractivity contribution >= 4 is 5.69 Å². The van der Waals surface area contributed by atoms with Gasteiger partial charge in [0.25, 0.3) is 0 Å². The molecule has 1 N–H and O–H groups in total. The van der Waals surface area contributed by atoms with Crippen molar-refractivity contribution < 1.29 is 0 Å². The second-order valence-electron chi connectivity index (χ2n) is 4.65. The van der Waals surface area contributed by atoms with Crippen LogP contribution in [0.25, 0.3) is 0 Å². The lowest BCUT2D eigenvalue weighted by atomic mass is 10.1. The Morgan fingerprint density at radius 3 is 2.88 bits per heavy atom. The molecule has 1 aliphatic carbocycles. The van der Waals surface area contributed by atoms with E-state index in [9.17, 15) is 0 Å². The first-order chi connectivity index (χ1) is 7.79. The predicted octanol–water partition coefficient (Wildman–Crippen LogP) is 3.47. The van der Waals surface area contributed by atoms with Crippen LogP contribution in [-0.4, -0.2) is 6.54 Å². The number of nitriles is 1. The number of hydrogen-bond acceptors (Lipinski definition) is 2. The number of nitrogens with one attached hydrogen (secondary N) is 1. The summed E-state index contributed by atoms with van der Waals surface area (Å²) in [5.41, 5.74) is 2.95. The number of hydrogen-bond donors (Lipinski definition) is 1. The minimum Gasteiger partial charge on any atom is -0.385 e. The van der Waals surface area contributed by atoms with E-state index in [1.165, 1.54) is 25.7 Å². The first-order valence-corrected chi connectivity index (χ1v) is 6.04. The van der Waals surface area contributed by atoms with Gasteiger partial charge in [-0.15, -0.1) is 0 Å². The van der Waals surface area contributed by atoms with Crippen LogP contribution in [0.5, 0.6) is 0 Å². The lowest BCUT2D eigenvalue weighted by molar-refractivity contribution is 0.687. The van der Waals surface area contributed by atoms with Crippen LogP contribution in [0.15, 0.2) is 18.2 Å². The third-order valence-corrected chi connectivity index (χ3v) is 3.16. The summed E-state index contributed by atoms with van der Waals surface area (Å²) in [6, 6.07) is 8.11. The van der Waals surface area contributed by atoms with E-state index in [1.54, 1.807) is 0 Å². The topological polar surface area (TPSA) is 35.8 Å². The molecule has 0 amide bonds. The standard InChI is InChI=1S/C14H18N2/c1-11-9-14(7-6-13(11)10-15)16-8-2-3-12-4-5-12/h6-7,9,12,16H,2-5,8H2,1H3. The van der Waals surface area contributed by atoms with E-state index >= 15 is 0 Å². The van der Waals surface area contributed by atoms with Crippen LogP contribution in [0.3, 0.4) is 0 Å². The number of rotatable bonds is 5. The zero-order valence-electron chi connectivity index (χ0n) is 9.79. The maximum absolute atomic E-state index is 8.82. The Bertz CT molecular complexity index is 400.